The van der Waals surface area contributed by atoms with Gasteiger partial charge in [0.1, 0.15) is 10.7 Å². The topological polar surface area (TPSA) is 104 Å². The molecule has 5 N–H and O–H groups in total. The fourth-order valence-electron chi connectivity index (χ4n) is 3.21. The van der Waals surface area contributed by atoms with Crippen molar-refractivity contribution in [2.75, 3.05) is 6.54 Å². The van der Waals surface area contributed by atoms with Crippen molar-refractivity contribution < 1.29 is 9.90 Å². The second-order valence-electron chi connectivity index (χ2n) is 6.25. The molecule has 2 aromatic heterocycles. The lowest BCUT2D eigenvalue weighted by Gasteiger charge is -2.20. The van der Waals surface area contributed by atoms with Gasteiger partial charge >= 0.3 is 0 Å². The van der Waals surface area contributed by atoms with Gasteiger partial charge in [-0.1, -0.05) is 19.3 Å². The largest absolute Gasteiger partial charge is 0.391 e. The normalized spacial score (nSPS) is 16.9. The van der Waals surface area contributed by atoms with E-state index in [9.17, 15) is 4.79 Å². The van der Waals surface area contributed by atoms with Gasteiger partial charge in [-0.3, -0.25) is 4.79 Å². The van der Waals surface area contributed by atoms with Gasteiger partial charge < -0.3 is 21.1 Å². The Morgan fingerprint density at radius 1 is 1.42 bits per heavy atom. The minimum atomic E-state index is -0.343. The Balaban J connectivity index is 1.66. The highest BCUT2D eigenvalue weighted by atomic mass is 32.1. The second kappa shape index (κ2) is 7.92. The molecule has 24 heavy (non-hydrogen) atoms. The summed E-state index contributed by atoms with van der Waals surface area (Å²) >= 11 is 1.36. The Morgan fingerprint density at radius 2 is 2.21 bits per heavy atom. The molecule has 3 rings (SSSR count). The van der Waals surface area contributed by atoms with Gasteiger partial charge in [0.25, 0.3) is 5.91 Å². The van der Waals surface area contributed by atoms with Crippen LogP contribution in [0.2, 0.25) is 0 Å². The third kappa shape index (κ3) is 3.85. The average molecular weight is 348 g/mol. The van der Waals surface area contributed by atoms with Crippen molar-refractivity contribution in [2.24, 2.45) is 5.73 Å². The van der Waals surface area contributed by atoms with E-state index in [1.807, 2.05) is 12.1 Å². The Morgan fingerprint density at radius 3 is 2.88 bits per heavy atom. The van der Waals surface area contributed by atoms with E-state index in [-0.39, 0.29) is 25.1 Å². The number of aromatic nitrogens is 2. The molecule has 0 bridgehead atoms. The zero-order chi connectivity index (χ0) is 16.9. The quantitative estimate of drug-likeness (QED) is 0.643. The molecular weight excluding hydrogens is 324 g/mol. The van der Waals surface area contributed by atoms with Crippen LogP contribution >= 0.6 is 11.3 Å². The monoisotopic (exact) mass is 348 g/mol. The summed E-state index contributed by atoms with van der Waals surface area (Å²) in [4.78, 5) is 20.8. The molecule has 2 heterocycles. The van der Waals surface area contributed by atoms with Crippen LogP contribution in [0.25, 0.3) is 0 Å². The minimum Gasteiger partial charge on any atom is -0.391 e. The number of rotatable bonds is 6. The second-order valence-corrected chi connectivity index (χ2v) is 7.39. The summed E-state index contributed by atoms with van der Waals surface area (Å²) < 4.78 is 0. The van der Waals surface area contributed by atoms with Crippen molar-refractivity contribution in [3.8, 4) is 0 Å². The molecule has 2 aromatic rings. The van der Waals surface area contributed by atoms with E-state index < -0.39 is 0 Å². The van der Waals surface area contributed by atoms with Gasteiger partial charge in [-0.05, 0) is 30.9 Å². The molecule has 0 aromatic carbocycles. The van der Waals surface area contributed by atoms with E-state index in [1.165, 1.54) is 43.4 Å². The summed E-state index contributed by atoms with van der Waals surface area (Å²) in [5.74, 6) is 0.366. The molecule has 1 aliphatic rings. The van der Waals surface area contributed by atoms with Gasteiger partial charge in [0, 0.05) is 18.4 Å². The number of nitrogens with one attached hydrogen (secondary N) is 2. The molecule has 1 saturated carbocycles. The first-order valence-corrected chi connectivity index (χ1v) is 9.28. The van der Waals surface area contributed by atoms with Crippen LogP contribution in [0.4, 0.5) is 0 Å². The van der Waals surface area contributed by atoms with Crippen LogP contribution < -0.4 is 11.1 Å². The first-order chi connectivity index (χ1) is 11.7. The van der Waals surface area contributed by atoms with Gasteiger partial charge in [0.2, 0.25) is 0 Å². The molecule has 1 aliphatic carbocycles. The Bertz CT molecular complexity index is 676. The van der Waals surface area contributed by atoms with Crippen LogP contribution in [0.15, 0.2) is 18.3 Å². The number of aromatic amines is 1. The summed E-state index contributed by atoms with van der Waals surface area (Å²) in [5, 5.41) is 12.8. The maximum absolute atomic E-state index is 12.5. The summed E-state index contributed by atoms with van der Waals surface area (Å²) in [6.07, 6.45) is 7.83. The third-order valence-corrected chi connectivity index (χ3v) is 5.66. The Kier molecular flexibility index (Phi) is 5.65. The lowest BCUT2D eigenvalue weighted by atomic mass is 9.87. The number of hydrogen-bond donors (Lipinski definition) is 4. The number of H-pyrrole nitrogens is 1. The predicted molar refractivity (Wildman–Crippen MR) is 93.9 cm³/mol. The highest BCUT2D eigenvalue weighted by molar-refractivity contribution is 7.11. The van der Waals surface area contributed by atoms with Crippen LogP contribution in [-0.4, -0.2) is 27.5 Å². The Labute approximate surface area is 145 Å². The zero-order valence-electron chi connectivity index (χ0n) is 13.6. The first kappa shape index (κ1) is 17.1. The van der Waals surface area contributed by atoms with Crippen molar-refractivity contribution in [3.05, 3.63) is 39.6 Å². The number of carbonyl (C=O) groups excluding carboxylic acids is 1. The first-order valence-electron chi connectivity index (χ1n) is 8.46. The van der Waals surface area contributed by atoms with E-state index >= 15 is 0 Å². The molecule has 1 atom stereocenters. The predicted octanol–water partition coefficient (Wildman–Crippen LogP) is 2.44. The fourth-order valence-corrected chi connectivity index (χ4v) is 4.05. The molecule has 0 saturated heterocycles. The van der Waals surface area contributed by atoms with Crippen LogP contribution in [0.3, 0.4) is 0 Å². The van der Waals surface area contributed by atoms with Crippen LogP contribution in [0.5, 0.6) is 0 Å². The molecule has 1 fully saturated rings. The molecule has 0 unspecified atom stereocenters. The van der Waals surface area contributed by atoms with Crippen molar-refractivity contribution >= 4 is 17.2 Å². The maximum Gasteiger partial charge on any atom is 0.268 e. The molecule has 0 aliphatic heterocycles. The summed E-state index contributed by atoms with van der Waals surface area (Å²) in [5.41, 5.74) is 7.50. The van der Waals surface area contributed by atoms with E-state index in [1.54, 1.807) is 6.20 Å². The minimum absolute atomic E-state index is 0.0513. The van der Waals surface area contributed by atoms with E-state index in [4.69, 9.17) is 10.8 Å². The van der Waals surface area contributed by atoms with Crippen LogP contribution in [0, 0.1) is 0 Å². The lowest BCUT2D eigenvalue weighted by Crippen LogP contribution is -2.33. The molecule has 1 amide bonds. The zero-order valence-corrected chi connectivity index (χ0v) is 14.4. The summed E-state index contributed by atoms with van der Waals surface area (Å²) in [6.45, 7) is 0.213. The van der Waals surface area contributed by atoms with Crippen molar-refractivity contribution in [1.29, 1.82) is 0 Å². The number of amides is 1. The fraction of sp³-hybridized carbons (Fsp3) is 0.529. The average Bonchev–Trinajstić information content (AvgIpc) is 3.29. The standard InChI is InChI=1S/C17H24N4O2S/c18-8-15(17-19-9-12(10-22)24-17)21-16(23)14-7-6-13(20-14)11-4-2-1-3-5-11/h6-7,9,11,15,20,22H,1-5,8,10,18H2,(H,21,23)/t15-/m0/s1. The third-order valence-electron chi connectivity index (χ3n) is 4.56. The number of nitrogens with two attached hydrogens (primary N) is 1. The molecule has 0 radical (unpaired) electrons. The van der Waals surface area contributed by atoms with Crippen molar-refractivity contribution in [3.63, 3.8) is 0 Å². The van der Waals surface area contributed by atoms with Gasteiger partial charge in [0.15, 0.2) is 0 Å². The number of thiazole rings is 1. The van der Waals surface area contributed by atoms with E-state index in [0.29, 0.717) is 16.6 Å². The summed E-state index contributed by atoms with van der Waals surface area (Å²) in [7, 11) is 0. The maximum atomic E-state index is 12.5. The Hall–Kier alpha value is -1.70. The molecule has 130 valence electrons. The highest BCUT2D eigenvalue weighted by Gasteiger charge is 2.21. The van der Waals surface area contributed by atoms with Gasteiger partial charge in [-0.15, -0.1) is 11.3 Å². The van der Waals surface area contributed by atoms with Crippen LogP contribution in [-0.2, 0) is 6.61 Å². The van der Waals surface area contributed by atoms with E-state index in [0.717, 1.165) is 10.6 Å². The number of carbonyl (C=O) groups is 1. The van der Waals surface area contributed by atoms with Crippen LogP contribution in [0.1, 0.15) is 70.1 Å². The number of aliphatic hydroxyl groups excluding tert-OH is 1. The van der Waals surface area contributed by atoms with Gasteiger partial charge in [0.05, 0.1) is 17.5 Å². The highest BCUT2D eigenvalue weighted by Crippen LogP contribution is 2.32. The van der Waals surface area contributed by atoms with Gasteiger partial charge in [-0.25, -0.2) is 4.98 Å². The van der Waals surface area contributed by atoms with Crippen molar-refractivity contribution in [1.82, 2.24) is 15.3 Å². The van der Waals surface area contributed by atoms with E-state index in [2.05, 4.69) is 15.3 Å². The van der Waals surface area contributed by atoms with Crippen molar-refractivity contribution in [2.45, 2.75) is 50.7 Å². The smallest absolute Gasteiger partial charge is 0.268 e. The molecule has 0 spiro atoms. The molecular formula is C17H24N4O2S. The number of hydrogen-bond acceptors (Lipinski definition) is 5. The molecule has 7 heteroatoms. The number of nitrogens with zero attached hydrogens (tertiary/aromatic N) is 1. The SMILES string of the molecule is NC[C@H](NC(=O)c1ccc(C2CCCCC2)[nH]1)c1ncc(CO)s1. The summed E-state index contributed by atoms with van der Waals surface area (Å²) in [6, 6.07) is 3.52. The van der Waals surface area contributed by atoms with Gasteiger partial charge in [-0.2, -0.15) is 0 Å². The molecule has 6 nitrogen and oxygen atoms in total. The number of aliphatic hydroxyl groups is 1. The lowest BCUT2D eigenvalue weighted by molar-refractivity contribution is 0.0933.